The van der Waals surface area contributed by atoms with Gasteiger partial charge in [-0.1, -0.05) is 0 Å². The number of aromatic nitrogens is 1. The Morgan fingerprint density at radius 2 is 2.12 bits per heavy atom. The van der Waals surface area contributed by atoms with E-state index in [1.54, 1.807) is 24.7 Å². The van der Waals surface area contributed by atoms with E-state index in [4.69, 9.17) is 4.74 Å². The zero-order chi connectivity index (χ0) is 12.4. The predicted octanol–water partition coefficient (Wildman–Crippen LogP) is 2.11. The number of nitrogens with zero attached hydrogens (tertiary/aromatic N) is 1. The van der Waals surface area contributed by atoms with Gasteiger partial charge in [0.1, 0.15) is 5.69 Å². The lowest BCUT2D eigenvalue weighted by molar-refractivity contribution is 0.0514. The SMILES string of the molecule is CCOC(=O)c1c2c(cn1C)C(=O)CCCC2. The number of rotatable bonds is 2. The van der Waals surface area contributed by atoms with Crippen molar-refractivity contribution in [3.8, 4) is 0 Å². The monoisotopic (exact) mass is 235 g/mol. The van der Waals surface area contributed by atoms with Crippen LogP contribution in [0.2, 0.25) is 0 Å². The van der Waals surface area contributed by atoms with Crippen molar-refractivity contribution in [2.75, 3.05) is 6.61 Å². The molecule has 0 aromatic carbocycles. The number of aryl methyl sites for hydroxylation is 1. The zero-order valence-corrected chi connectivity index (χ0v) is 10.3. The molecule has 1 aromatic heterocycles. The topological polar surface area (TPSA) is 48.3 Å². The molecule has 2 rings (SSSR count). The minimum Gasteiger partial charge on any atom is -0.461 e. The van der Waals surface area contributed by atoms with Gasteiger partial charge in [0.15, 0.2) is 5.78 Å². The van der Waals surface area contributed by atoms with E-state index in [1.807, 2.05) is 0 Å². The Labute approximate surface area is 101 Å². The van der Waals surface area contributed by atoms with Gasteiger partial charge < -0.3 is 9.30 Å². The molecule has 1 aromatic rings. The van der Waals surface area contributed by atoms with Crippen LogP contribution in [0.25, 0.3) is 0 Å². The lowest BCUT2D eigenvalue weighted by Gasteiger charge is -2.06. The molecule has 92 valence electrons. The van der Waals surface area contributed by atoms with E-state index in [2.05, 4.69) is 0 Å². The normalized spacial score (nSPS) is 15.3. The van der Waals surface area contributed by atoms with Gasteiger partial charge in [0.2, 0.25) is 0 Å². The van der Waals surface area contributed by atoms with Gasteiger partial charge in [0, 0.05) is 25.2 Å². The number of ether oxygens (including phenoxy) is 1. The Balaban J connectivity index is 2.46. The third-order valence-corrected chi connectivity index (χ3v) is 3.14. The standard InChI is InChI=1S/C13H17NO3/c1-3-17-13(16)12-9-6-4-5-7-11(15)10(9)8-14(12)2/h8H,3-7H2,1-2H3. The Morgan fingerprint density at radius 1 is 1.41 bits per heavy atom. The molecule has 0 saturated heterocycles. The van der Waals surface area contributed by atoms with Crippen molar-refractivity contribution in [2.24, 2.45) is 7.05 Å². The van der Waals surface area contributed by atoms with E-state index in [1.165, 1.54) is 0 Å². The number of hydrogen-bond donors (Lipinski definition) is 0. The molecule has 0 N–H and O–H groups in total. The number of esters is 1. The lowest BCUT2D eigenvalue weighted by atomic mass is 10.1. The highest BCUT2D eigenvalue weighted by Gasteiger charge is 2.25. The minimum atomic E-state index is -0.328. The number of carbonyl (C=O) groups excluding carboxylic acids is 2. The van der Waals surface area contributed by atoms with Gasteiger partial charge in [0.05, 0.1) is 6.61 Å². The van der Waals surface area contributed by atoms with Crippen molar-refractivity contribution in [3.63, 3.8) is 0 Å². The number of carbonyl (C=O) groups is 2. The van der Waals surface area contributed by atoms with E-state index in [9.17, 15) is 9.59 Å². The van der Waals surface area contributed by atoms with E-state index in [-0.39, 0.29) is 11.8 Å². The van der Waals surface area contributed by atoms with Gasteiger partial charge in [0.25, 0.3) is 0 Å². The number of ketones is 1. The maximum absolute atomic E-state index is 11.9. The molecule has 0 aliphatic heterocycles. The van der Waals surface area contributed by atoms with Crippen molar-refractivity contribution in [3.05, 3.63) is 23.0 Å². The van der Waals surface area contributed by atoms with Crippen LogP contribution < -0.4 is 0 Å². The first-order valence-corrected chi connectivity index (χ1v) is 6.03. The quantitative estimate of drug-likeness (QED) is 0.582. The Bertz CT molecular complexity index is 459. The average Bonchev–Trinajstić information content (AvgIpc) is 2.52. The third kappa shape index (κ3) is 2.12. The average molecular weight is 235 g/mol. The Kier molecular flexibility index (Phi) is 3.31. The molecule has 0 unspecified atom stereocenters. The van der Waals surface area contributed by atoms with Crippen LogP contribution >= 0.6 is 0 Å². The summed E-state index contributed by atoms with van der Waals surface area (Å²) in [6.07, 6.45) is 4.99. The molecule has 1 aliphatic carbocycles. The second-order valence-electron chi connectivity index (χ2n) is 4.33. The summed E-state index contributed by atoms with van der Waals surface area (Å²) in [5, 5.41) is 0. The van der Waals surface area contributed by atoms with Crippen molar-refractivity contribution >= 4 is 11.8 Å². The smallest absolute Gasteiger partial charge is 0.355 e. The highest BCUT2D eigenvalue weighted by molar-refractivity contribution is 6.01. The summed E-state index contributed by atoms with van der Waals surface area (Å²) in [6, 6.07) is 0. The number of fused-ring (bicyclic) bond motifs is 1. The molecule has 0 bridgehead atoms. The van der Waals surface area contributed by atoms with E-state index < -0.39 is 0 Å². The molecular weight excluding hydrogens is 218 g/mol. The van der Waals surface area contributed by atoms with Crippen molar-refractivity contribution < 1.29 is 14.3 Å². The molecule has 4 nitrogen and oxygen atoms in total. The zero-order valence-electron chi connectivity index (χ0n) is 10.3. The van der Waals surface area contributed by atoms with E-state index >= 15 is 0 Å². The molecule has 17 heavy (non-hydrogen) atoms. The van der Waals surface area contributed by atoms with Crippen LogP contribution in [0.1, 0.15) is 52.6 Å². The molecule has 4 heteroatoms. The highest BCUT2D eigenvalue weighted by atomic mass is 16.5. The van der Waals surface area contributed by atoms with Crippen LogP contribution in [-0.4, -0.2) is 22.9 Å². The second kappa shape index (κ2) is 4.73. The first-order chi connectivity index (χ1) is 8.15. The maximum Gasteiger partial charge on any atom is 0.355 e. The molecule has 1 heterocycles. The predicted molar refractivity (Wildman–Crippen MR) is 63.3 cm³/mol. The lowest BCUT2D eigenvalue weighted by Crippen LogP contribution is -2.12. The Morgan fingerprint density at radius 3 is 2.82 bits per heavy atom. The first kappa shape index (κ1) is 11.9. The van der Waals surface area contributed by atoms with Gasteiger partial charge in [-0.3, -0.25) is 4.79 Å². The van der Waals surface area contributed by atoms with Crippen LogP contribution in [0.5, 0.6) is 0 Å². The van der Waals surface area contributed by atoms with Crippen molar-refractivity contribution in [2.45, 2.75) is 32.6 Å². The molecule has 0 fully saturated rings. The third-order valence-electron chi connectivity index (χ3n) is 3.14. The van der Waals surface area contributed by atoms with Crippen LogP contribution in [0.15, 0.2) is 6.20 Å². The summed E-state index contributed by atoms with van der Waals surface area (Å²) >= 11 is 0. The first-order valence-electron chi connectivity index (χ1n) is 6.03. The van der Waals surface area contributed by atoms with Crippen LogP contribution in [0.3, 0.4) is 0 Å². The molecule has 0 radical (unpaired) electrons. The summed E-state index contributed by atoms with van der Waals surface area (Å²) in [4.78, 5) is 23.7. The van der Waals surface area contributed by atoms with Crippen LogP contribution in [0, 0.1) is 0 Å². The van der Waals surface area contributed by atoms with Gasteiger partial charge in [-0.15, -0.1) is 0 Å². The van der Waals surface area contributed by atoms with Gasteiger partial charge in [-0.2, -0.15) is 0 Å². The van der Waals surface area contributed by atoms with Crippen LogP contribution in [-0.2, 0) is 18.2 Å². The number of hydrogen-bond acceptors (Lipinski definition) is 3. The molecule has 1 aliphatic rings. The molecule has 0 spiro atoms. The summed E-state index contributed by atoms with van der Waals surface area (Å²) < 4.78 is 6.75. The van der Waals surface area contributed by atoms with Crippen molar-refractivity contribution in [1.82, 2.24) is 4.57 Å². The molecule has 0 saturated carbocycles. The largest absolute Gasteiger partial charge is 0.461 e. The molecule has 0 amide bonds. The second-order valence-corrected chi connectivity index (χ2v) is 4.33. The van der Waals surface area contributed by atoms with E-state index in [0.29, 0.717) is 24.3 Å². The highest BCUT2D eigenvalue weighted by Crippen LogP contribution is 2.25. The maximum atomic E-state index is 11.9. The van der Waals surface area contributed by atoms with Gasteiger partial charge in [-0.25, -0.2) is 4.79 Å². The van der Waals surface area contributed by atoms with Gasteiger partial charge >= 0.3 is 5.97 Å². The fraction of sp³-hybridized carbons (Fsp3) is 0.538. The number of Topliss-reactive ketones (excluding diaryl/α,β-unsaturated/α-hetero) is 1. The summed E-state index contributed by atoms with van der Waals surface area (Å²) in [6.45, 7) is 2.14. The fourth-order valence-electron chi connectivity index (χ4n) is 2.36. The molecule has 0 atom stereocenters. The molecular formula is C13H17NO3. The summed E-state index contributed by atoms with van der Waals surface area (Å²) in [5.74, 6) is -0.186. The minimum absolute atomic E-state index is 0.142. The summed E-state index contributed by atoms with van der Waals surface area (Å²) in [7, 11) is 1.79. The Hall–Kier alpha value is -1.58. The van der Waals surface area contributed by atoms with Gasteiger partial charge in [-0.05, 0) is 31.7 Å². The van der Waals surface area contributed by atoms with Crippen LogP contribution in [0.4, 0.5) is 0 Å². The summed E-state index contributed by atoms with van der Waals surface area (Å²) in [5.41, 5.74) is 2.11. The van der Waals surface area contributed by atoms with E-state index in [0.717, 1.165) is 24.8 Å². The van der Waals surface area contributed by atoms with Crippen molar-refractivity contribution in [1.29, 1.82) is 0 Å². The fourth-order valence-corrected chi connectivity index (χ4v) is 2.36.